The van der Waals surface area contributed by atoms with Crippen molar-refractivity contribution in [3.05, 3.63) is 0 Å². The van der Waals surface area contributed by atoms with Crippen LogP contribution >= 0.6 is 0 Å². The SMILES string of the molecule is CC(O)C(C)ON1C(C)(C)CCCC1(C)C. The standard InChI is InChI=1S/C13H27NO2/c1-10(15)11(2)16-14-12(3,4)8-7-9-13(14,5)6/h10-11,15H,7-9H2,1-6H3. The van der Waals surface area contributed by atoms with Crippen LogP contribution in [0.5, 0.6) is 0 Å². The highest BCUT2D eigenvalue weighted by atomic mass is 16.7. The van der Waals surface area contributed by atoms with E-state index in [-0.39, 0.29) is 17.2 Å². The van der Waals surface area contributed by atoms with Crippen LogP contribution in [0.1, 0.15) is 60.8 Å². The molecular weight excluding hydrogens is 202 g/mol. The third-order valence-corrected chi connectivity index (χ3v) is 3.63. The summed E-state index contributed by atoms with van der Waals surface area (Å²) < 4.78 is 0. The molecule has 0 saturated carbocycles. The summed E-state index contributed by atoms with van der Waals surface area (Å²) in [5.74, 6) is 0. The van der Waals surface area contributed by atoms with Crippen LogP contribution in [0.25, 0.3) is 0 Å². The second-order valence-corrected chi connectivity index (χ2v) is 6.32. The number of piperidine rings is 1. The number of aliphatic hydroxyl groups excluding tert-OH is 1. The monoisotopic (exact) mass is 229 g/mol. The lowest BCUT2D eigenvalue weighted by Crippen LogP contribution is -2.59. The highest BCUT2D eigenvalue weighted by Gasteiger charge is 2.43. The number of hydroxylamine groups is 2. The Morgan fingerprint density at radius 2 is 1.50 bits per heavy atom. The molecule has 0 aliphatic carbocycles. The third kappa shape index (κ3) is 2.96. The topological polar surface area (TPSA) is 32.7 Å². The summed E-state index contributed by atoms with van der Waals surface area (Å²) in [6.45, 7) is 12.5. The van der Waals surface area contributed by atoms with Gasteiger partial charge in [0.15, 0.2) is 0 Å². The number of rotatable bonds is 3. The van der Waals surface area contributed by atoms with Crippen molar-refractivity contribution in [1.82, 2.24) is 5.06 Å². The molecule has 0 aromatic rings. The molecule has 0 amide bonds. The molecule has 16 heavy (non-hydrogen) atoms. The van der Waals surface area contributed by atoms with Crippen LogP contribution in [0.2, 0.25) is 0 Å². The van der Waals surface area contributed by atoms with E-state index in [9.17, 15) is 5.11 Å². The predicted octanol–water partition coefficient (Wildman–Crippen LogP) is 2.73. The van der Waals surface area contributed by atoms with Crippen molar-refractivity contribution in [2.45, 2.75) is 84.1 Å². The van der Waals surface area contributed by atoms with E-state index in [1.165, 1.54) is 6.42 Å². The normalized spacial score (nSPS) is 28.7. The Morgan fingerprint density at radius 3 is 1.88 bits per heavy atom. The average molecular weight is 229 g/mol. The van der Waals surface area contributed by atoms with Crippen LogP contribution in [-0.4, -0.2) is 33.5 Å². The fraction of sp³-hybridized carbons (Fsp3) is 1.00. The molecule has 1 N–H and O–H groups in total. The van der Waals surface area contributed by atoms with Crippen molar-refractivity contribution in [1.29, 1.82) is 0 Å². The molecule has 1 heterocycles. The maximum atomic E-state index is 9.54. The van der Waals surface area contributed by atoms with Gasteiger partial charge < -0.3 is 5.11 Å². The molecule has 0 aromatic heterocycles. The summed E-state index contributed by atoms with van der Waals surface area (Å²) in [6.07, 6.45) is 2.93. The van der Waals surface area contributed by atoms with Gasteiger partial charge in [-0.25, -0.2) is 0 Å². The quantitative estimate of drug-likeness (QED) is 0.807. The van der Waals surface area contributed by atoms with Crippen LogP contribution < -0.4 is 0 Å². The predicted molar refractivity (Wildman–Crippen MR) is 66.1 cm³/mol. The van der Waals surface area contributed by atoms with Gasteiger partial charge in [0, 0.05) is 11.1 Å². The van der Waals surface area contributed by atoms with Crippen molar-refractivity contribution in [3.8, 4) is 0 Å². The summed E-state index contributed by atoms with van der Waals surface area (Å²) in [7, 11) is 0. The second-order valence-electron chi connectivity index (χ2n) is 6.32. The molecule has 1 saturated heterocycles. The number of nitrogens with zero attached hydrogens (tertiary/aromatic N) is 1. The van der Waals surface area contributed by atoms with E-state index in [4.69, 9.17) is 4.84 Å². The van der Waals surface area contributed by atoms with Gasteiger partial charge in [0.05, 0.1) is 6.10 Å². The first-order valence-electron chi connectivity index (χ1n) is 6.32. The fourth-order valence-electron chi connectivity index (χ4n) is 2.52. The van der Waals surface area contributed by atoms with Crippen molar-refractivity contribution < 1.29 is 9.94 Å². The molecule has 0 spiro atoms. The van der Waals surface area contributed by atoms with Gasteiger partial charge in [-0.15, -0.1) is 0 Å². The Hall–Kier alpha value is -0.120. The number of aliphatic hydroxyl groups is 1. The zero-order chi connectivity index (χ0) is 12.6. The zero-order valence-electron chi connectivity index (χ0n) is 11.6. The zero-order valence-corrected chi connectivity index (χ0v) is 11.6. The minimum atomic E-state index is -0.437. The lowest BCUT2D eigenvalue weighted by atomic mass is 9.82. The van der Waals surface area contributed by atoms with Crippen LogP contribution in [-0.2, 0) is 4.84 Å². The summed E-state index contributed by atoms with van der Waals surface area (Å²) in [5, 5.41) is 11.6. The molecule has 1 aliphatic rings. The molecule has 2 unspecified atom stereocenters. The summed E-state index contributed by atoms with van der Waals surface area (Å²) >= 11 is 0. The van der Waals surface area contributed by atoms with E-state index in [0.29, 0.717) is 0 Å². The Morgan fingerprint density at radius 1 is 1.06 bits per heavy atom. The van der Waals surface area contributed by atoms with Crippen LogP contribution in [0.4, 0.5) is 0 Å². The minimum Gasteiger partial charge on any atom is -0.391 e. The van der Waals surface area contributed by atoms with E-state index >= 15 is 0 Å². The molecule has 0 aromatic carbocycles. The Bertz CT molecular complexity index is 220. The molecule has 1 aliphatic heterocycles. The molecule has 0 radical (unpaired) electrons. The highest BCUT2D eigenvalue weighted by Crippen LogP contribution is 2.38. The fourth-order valence-corrected chi connectivity index (χ4v) is 2.52. The Kier molecular flexibility index (Phi) is 4.04. The first-order valence-corrected chi connectivity index (χ1v) is 6.32. The molecular formula is C13H27NO2. The van der Waals surface area contributed by atoms with Gasteiger partial charge in [-0.1, -0.05) is 0 Å². The van der Waals surface area contributed by atoms with E-state index in [0.717, 1.165) is 12.8 Å². The lowest BCUT2D eigenvalue weighted by Gasteiger charge is -2.52. The van der Waals surface area contributed by atoms with Crippen LogP contribution in [0.15, 0.2) is 0 Å². The van der Waals surface area contributed by atoms with Crippen molar-refractivity contribution in [3.63, 3.8) is 0 Å². The molecule has 1 rings (SSSR count). The Balaban J connectivity index is 2.79. The Labute approximate surface area is 99.7 Å². The lowest BCUT2D eigenvalue weighted by molar-refractivity contribution is -0.312. The molecule has 2 atom stereocenters. The molecule has 1 fully saturated rings. The minimum absolute atomic E-state index is 0.0465. The van der Waals surface area contributed by atoms with Gasteiger partial charge in [-0.2, -0.15) is 5.06 Å². The smallest absolute Gasteiger partial charge is 0.102 e. The summed E-state index contributed by atoms with van der Waals surface area (Å²) in [5.41, 5.74) is 0.0931. The largest absolute Gasteiger partial charge is 0.391 e. The van der Waals surface area contributed by atoms with Gasteiger partial charge >= 0.3 is 0 Å². The van der Waals surface area contributed by atoms with Crippen molar-refractivity contribution >= 4 is 0 Å². The average Bonchev–Trinajstić information content (AvgIpc) is 2.10. The van der Waals surface area contributed by atoms with Crippen molar-refractivity contribution in [2.75, 3.05) is 0 Å². The van der Waals surface area contributed by atoms with E-state index in [1.807, 2.05) is 6.92 Å². The highest BCUT2D eigenvalue weighted by molar-refractivity contribution is 4.93. The molecule has 0 bridgehead atoms. The van der Waals surface area contributed by atoms with Gasteiger partial charge in [-0.3, -0.25) is 4.84 Å². The first-order chi connectivity index (χ1) is 7.17. The number of hydrogen-bond acceptors (Lipinski definition) is 3. The molecule has 96 valence electrons. The van der Waals surface area contributed by atoms with Gasteiger partial charge in [0.1, 0.15) is 6.10 Å². The molecule has 3 heteroatoms. The summed E-state index contributed by atoms with van der Waals surface area (Å²) in [6, 6.07) is 0. The van der Waals surface area contributed by atoms with Crippen LogP contribution in [0, 0.1) is 0 Å². The number of hydrogen-bond donors (Lipinski definition) is 1. The van der Waals surface area contributed by atoms with Crippen LogP contribution in [0.3, 0.4) is 0 Å². The van der Waals surface area contributed by atoms with Gasteiger partial charge in [0.2, 0.25) is 0 Å². The molecule has 3 nitrogen and oxygen atoms in total. The van der Waals surface area contributed by atoms with Crippen molar-refractivity contribution in [2.24, 2.45) is 0 Å². The van der Waals surface area contributed by atoms with E-state index < -0.39 is 6.10 Å². The van der Waals surface area contributed by atoms with Gasteiger partial charge in [0.25, 0.3) is 0 Å². The maximum absolute atomic E-state index is 9.54. The second kappa shape index (κ2) is 4.63. The van der Waals surface area contributed by atoms with E-state index in [1.54, 1.807) is 6.92 Å². The third-order valence-electron chi connectivity index (χ3n) is 3.63. The maximum Gasteiger partial charge on any atom is 0.102 e. The van der Waals surface area contributed by atoms with Gasteiger partial charge in [-0.05, 0) is 60.8 Å². The first kappa shape index (κ1) is 13.9. The summed E-state index contributed by atoms with van der Waals surface area (Å²) in [4.78, 5) is 5.97. The van der Waals surface area contributed by atoms with E-state index in [2.05, 4.69) is 32.8 Å².